The Kier molecular flexibility index (Phi) is 4.95. The van der Waals surface area contributed by atoms with Crippen LogP contribution >= 0.6 is 7.26 Å². The van der Waals surface area contributed by atoms with Crippen molar-refractivity contribution in [2.75, 3.05) is 19.5 Å². The van der Waals surface area contributed by atoms with Crippen molar-refractivity contribution < 1.29 is 4.74 Å². The number of allylic oxidation sites excluding steroid dienone is 2. The summed E-state index contributed by atoms with van der Waals surface area (Å²) in [6.45, 7) is 2.45. The third-order valence-corrected chi connectivity index (χ3v) is 10.7. The van der Waals surface area contributed by atoms with Gasteiger partial charge in [0.2, 0.25) is 11.8 Å². The van der Waals surface area contributed by atoms with Crippen LogP contribution in [0.4, 0.5) is 5.95 Å². The molecular formula is C24H25N5OP+. The first kappa shape index (κ1) is 19.7. The van der Waals surface area contributed by atoms with Crippen LogP contribution in [0.25, 0.3) is 11.2 Å². The fourth-order valence-electron chi connectivity index (χ4n) is 4.55. The molecule has 2 aromatic heterocycles. The molecule has 2 heterocycles. The van der Waals surface area contributed by atoms with Gasteiger partial charge < -0.3 is 15.0 Å². The molecule has 0 aliphatic heterocycles. The van der Waals surface area contributed by atoms with Gasteiger partial charge in [-0.3, -0.25) is 0 Å². The monoisotopic (exact) mass is 430 g/mol. The largest absolute Gasteiger partial charge is 0.479 e. The van der Waals surface area contributed by atoms with E-state index < -0.39 is 7.26 Å². The molecule has 2 N–H and O–H groups in total. The van der Waals surface area contributed by atoms with Crippen LogP contribution in [0.5, 0.6) is 5.88 Å². The maximum atomic E-state index is 5.92. The average Bonchev–Trinajstić information content (AvgIpc) is 3.46. The normalized spacial score (nSPS) is 18.5. The third kappa shape index (κ3) is 3.28. The lowest BCUT2D eigenvalue weighted by Gasteiger charge is -2.29. The second kappa shape index (κ2) is 7.78. The predicted molar refractivity (Wildman–Crippen MR) is 128 cm³/mol. The van der Waals surface area contributed by atoms with E-state index in [0.717, 1.165) is 6.42 Å². The minimum atomic E-state index is -1.65. The van der Waals surface area contributed by atoms with Gasteiger partial charge in [-0.25, -0.2) is 4.98 Å². The molecule has 1 aliphatic carbocycles. The highest BCUT2D eigenvalue weighted by molar-refractivity contribution is 7.89. The minimum absolute atomic E-state index is 0.153. The first-order chi connectivity index (χ1) is 15.1. The van der Waals surface area contributed by atoms with Crippen molar-refractivity contribution in [3.05, 3.63) is 79.1 Å². The summed E-state index contributed by atoms with van der Waals surface area (Å²) >= 11 is 0. The predicted octanol–water partition coefficient (Wildman–Crippen LogP) is 3.59. The summed E-state index contributed by atoms with van der Waals surface area (Å²) in [4.78, 5) is 13.1. The topological polar surface area (TPSA) is 78.8 Å². The Bertz CT molecular complexity index is 1200. The van der Waals surface area contributed by atoms with Crippen molar-refractivity contribution in [2.45, 2.75) is 18.1 Å². The van der Waals surface area contributed by atoms with Gasteiger partial charge in [0, 0.05) is 6.42 Å². The highest BCUT2D eigenvalue weighted by Crippen LogP contribution is 2.61. The molecule has 5 rings (SSSR count). The van der Waals surface area contributed by atoms with E-state index in [4.69, 9.17) is 10.5 Å². The van der Waals surface area contributed by atoms with Crippen LogP contribution in [0.1, 0.15) is 12.5 Å². The van der Waals surface area contributed by atoms with Crippen LogP contribution in [0.15, 0.2) is 79.1 Å². The van der Waals surface area contributed by atoms with E-state index in [-0.39, 0.29) is 12.0 Å². The van der Waals surface area contributed by atoms with Gasteiger partial charge in [0.15, 0.2) is 11.2 Å². The van der Waals surface area contributed by atoms with Crippen LogP contribution in [0.2, 0.25) is 0 Å². The number of hydrogen-bond donors (Lipinski definition) is 1. The van der Waals surface area contributed by atoms with E-state index in [1.165, 1.54) is 10.6 Å². The molecule has 2 aromatic carbocycles. The number of anilines is 1. The Hall–Kier alpha value is -3.24. The lowest BCUT2D eigenvalue weighted by atomic mass is 10.2. The van der Waals surface area contributed by atoms with Crippen molar-refractivity contribution in [2.24, 2.45) is 0 Å². The summed E-state index contributed by atoms with van der Waals surface area (Å²) in [6.07, 6.45) is 7.46. The number of rotatable bonds is 5. The highest BCUT2D eigenvalue weighted by Gasteiger charge is 2.47. The lowest BCUT2D eigenvalue weighted by molar-refractivity contribution is 0.402. The molecule has 0 fully saturated rings. The molecule has 0 saturated heterocycles. The summed E-state index contributed by atoms with van der Waals surface area (Å²) in [5, 5.41) is 2.83. The third-order valence-electron chi connectivity index (χ3n) is 6.24. The second-order valence-electron chi connectivity index (χ2n) is 7.92. The Labute approximate surface area is 182 Å². The maximum absolute atomic E-state index is 5.92. The molecule has 0 spiro atoms. The minimum Gasteiger partial charge on any atom is -0.479 e. The standard InChI is InChI=1S/C24H25N5OP/c1-30-23-21-22(27-24(25)28-23)29(16-26-21)17-13-14-20(15-17)31(2,18-9-5-3-6-10-18)19-11-7-4-8-12-19/h3-14,16-17,20H,15H2,1-2H3,(H2,25,27,28)/q+1/t17-,20+/m0/s1. The number of benzene rings is 2. The lowest BCUT2D eigenvalue weighted by Crippen LogP contribution is -2.29. The summed E-state index contributed by atoms with van der Waals surface area (Å²) in [5.41, 5.74) is 7.68. The van der Waals surface area contributed by atoms with Gasteiger partial charge in [0.1, 0.15) is 0 Å². The van der Waals surface area contributed by atoms with Crippen LogP contribution in [-0.2, 0) is 0 Å². The molecule has 1 aliphatic rings. The molecular weight excluding hydrogens is 405 g/mol. The van der Waals surface area contributed by atoms with Crippen LogP contribution in [0.3, 0.4) is 0 Å². The number of methoxy groups -OCH3 is 1. The Morgan fingerprint density at radius 3 is 2.23 bits per heavy atom. The Balaban J connectivity index is 1.54. The number of imidazole rings is 1. The van der Waals surface area contributed by atoms with Gasteiger partial charge in [-0.05, 0) is 30.3 Å². The smallest absolute Gasteiger partial charge is 0.246 e. The molecule has 0 saturated carbocycles. The van der Waals surface area contributed by atoms with E-state index in [9.17, 15) is 0 Å². The van der Waals surface area contributed by atoms with E-state index in [2.05, 4.69) is 99.0 Å². The molecule has 0 amide bonds. The fourth-order valence-corrected chi connectivity index (χ4v) is 8.28. The van der Waals surface area contributed by atoms with Crippen LogP contribution in [0, 0.1) is 0 Å². The zero-order valence-electron chi connectivity index (χ0n) is 17.6. The zero-order chi connectivity index (χ0) is 21.4. The Morgan fingerprint density at radius 2 is 1.61 bits per heavy atom. The molecule has 0 bridgehead atoms. The van der Waals surface area contributed by atoms with Crippen molar-refractivity contribution in [3.63, 3.8) is 0 Å². The molecule has 0 radical (unpaired) electrons. The summed E-state index contributed by atoms with van der Waals surface area (Å²) < 4.78 is 7.45. The van der Waals surface area contributed by atoms with Crippen molar-refractivity contribution in [3.8, 4) is 5.88 Å². The van der Waals surface area contributed by atoms with E-state index >= 15 is 0 Å². The highest BCUT2D eigenvalue weighted by atomic mass is 31.2. The van der Waals surface area contributed by atoms with Crippen molar-refractivity contribution in [1.82, 2.24) is 19.5 Å². The molecule has 7 heteroatoms. The second-order valence-corrected chi connectivity index (χ2v) is 11.8. The summed E-state index contributed by atoms with van der Waals surface area (Å²) in [5.74, 6) is 0.598. The van der Waals surface area contributed by atoms with E-state index in [1.54, 1.807) is 7.11 Å². The Morgan fingerprint density at radius 1 is 0.968 bits per heavy atom. The number of hydrogen-bond acceptors (Lipinski definition) is 5. The summed E-state index contributed by atoms with van der Waals surface area (Å²) in [6, 6.07) is 22.0. The SMILES string of the molecule is COc1nc(N)nc2c1ncn2[C@H]1C=C[C@@H]([P+](C)(c2ccccc2)c2ccccc2)C1. The summed E-state index contributed by atoms with van der Waals surface area (Å²) in [7, 11) is -0.0780. The maximum Gasteiger partial charge on any atom is 0.246 e. The van der Waals surface area contributed by atoms with Gasteiger partial charge in [0.25, 0.3) is 0 Å². The van der Waals surface area contributed by atoms with Crippen LogP contribution in [-0.4, -0.2) is 39.0 Å². The average molecular weight is 430 g/mol. The van der Waals surface area contributed by atoms with Gasteiger partial charge >= 0.3 is 0 Å². The van der Waals surface area contributed by atoms with Gasteiger partial charge in [-0.15, -0.1) is 0 Å². The molecule has 4 aromatic rings. The molecule has 156 valence electrons. The van der Waals surface area contributed by atoms with Crippen LogP contribution < -0.4 is 21.1 Å². The quantitative estimate of drug-likeness (QED) is 0.387. The first-order valence-corrected chi connectivity index (χ1v) is 12.6. The zero-order valence-corrected chi connectivity index (χ0v) is 18.5. The van der Waals surface area contributed by atoms with E-state index in [0.29, 0.717) is 22.7 Å². The number of nitrogen functional groups attached to an aromatic ring is 1. The number of aromatic nitrogens is 4. The first-order valence-electron chi connectivity index (χ1n) is 10.3. The van der Waals surface area contributed by atoms with Crippen molar-refractivity contribution in [1.29, 1.82) is 0 Å². The molecule has 2 atom stereocenters. The molecule has 31 heavy (non-hydrogen) atoms. The molecule has 6 nitrogen and oxygen atoms in total. The number of nitrogens with zero attached hydrogens (tertiary/aromatic N) is 4. The molecule has 0 unspecified atom stereocenters. The van der Waals surface area contributed by atoms with Crippen molar-refractivity contribution >= 4 is 35.0 Å². The van der Waals surface area contributed by atoms with Gasteiger partial charge in [-0.2, -0.15) is 9.97 Å². The number of ether oxygens (including phenoxy) is 1. The van der Waals surface area contributed by atoms with Gasteiger partial charge in [0.05, 0.1) is 49.7 Å². The fraction of sp³-hybridized carbons (Fsp3) is 0.208. The number of nitrogens with two attached hydrogens (primary N) is 1. The number of fused-ring (bicyclic) bond motifs is 1. The van der Waals surface area contributed by atoms with E-state index in [1.807, 2.05) is 6.33 Å². The van der Waals surface area contributed by atoms with Gasteiger partial charge in [-0.1, -0.05) is 42.5 Å².